The second-order valence-electron chi connectivity index (χ2n) is 5.56. The quantitative estimate of drug-likeness (QED) is 0.795. The van der Waals surface area contributed by atoms with Crippen LogP contribution in [0.5, 0.6) is 0 Å². The maximum atomic E-state index is 13.1. The number of anilines is 1. The third-order valence-electron chi connectivity index (χ3n) is 3.60. The van der Waals surface area contributed by atoms with Crippen molar-refractivity contribution >= 4 is 21.6 Å². The summed E-state index contributed by atoms with van der Waals surface area (Å²) in [5.41, 5.74) is 0.112. The van der Waals surface area contributed by atoms with Crippen molar-refractivity contribution in [2.45, 2.75) is 17.7 Å². The van der Waals surface area contributed by atoms with Crippen molar-refractivity contribution in [1.29, 1.82) is 0 Å². The average molecular weight is 386 g/mol. The van der Waals surface area contributed by atoms with E-state index in [9.17, 15) is 26.4 Å². The Kier molecular flexibility index (Phi) is 6.38. The highest BCUT2D eigenvalue weighted by Crippen LogP contribution is 2.16. The monoisotopic (exact) mass is 386 g/mol. The van der Waals surface area contributed by atoms with Gasteiger partial charge in [-0.3, -0.25) is 4.79 Å². The predicted octanol–water partition coefficient (Wildman–Crippen LogP) is 3.14. The molecule has 1 N–H and O–H groups in total. The van der Waals surface area contributed by atoms with Crippen LogP contribution in [0.4, 0.5) is 18.9 Å². The van der Waals surface area contributed by atoms with Crippen molar-refractivity contribution in [2.75, 3.05) is 18.9 Å². The number of benzene rings is 2. The molecule has 0 aromatic heterocycles. The van der Waals surface area contributed by atoms with E-state index in [0.717, 1.165) is 40.7 Å². The molecule has 0 spiro atoms. The van der Waals surface area contributed by atoms with Gasteiger partial charge in [0.15, 0.2) is 11.6 Å². The molecule has 0 saturated heterocycles. The zero-order valence-corrected chi connectivity index (χ0v) is 14.7. The second kappa shape index (κ2) is 8.33. The van der Waals surface area contributed by atoms with Crippen molar-refractivity contribution in [2.24, 2.45) is 0 Å². The van der Waals surface area contributed by atoms with Crippen LogP contribution in [0.25, 0.3) is 0 Å². The molecule has 0 bridgehead atoms. The van der Waals surface area contributed by atoms with Crippen LogP contribution in [0, 0.1) is 17.5 Å². The van der Waals surface area contributed by atoms with Crippen molar-refractivity contribution in [3.8, 4) is 0 Å². The number of rotatable bonds is 7. The topological polar surface area (TPSA) is 66.5 Å². The molecule has 2 rings (SSSR count). The summed E-state index contributed by atoms with van der Waals surface area (Å²) in [5, 5.41) is 2.41. The fourth-order valence-corrected chi connectivity index (χ4v) is 3.38. The molecule has 0 fully saturated rings. The largest absolute Gasteiger partial charge is 0.326 e. The molecule has 26 heavy (non-hydrogen) atoms. The van der Waals surface area contributed by atoms with E-state index in [0.29, 0.717) is 0 Å². The molecule has 1 amide bonds. The Morgan fingerprint density at radius 2 is 1.69 bits per heavy atom. The minimum Gasteiger partial charge on any atom is -0.326 e. The molecule has 9 heteroatoms. The second-order valence-corrected chi connectivity index (χ2v) is 7.61. The van der Waals surface area contributed by atoms with E-state index in [4.69, 9.17) is 0 Å². The maximum absolute atomic E-state index is 13.1. The number of sulfonamides is 1. The first-order chi connectivity index (χ1) is 12.2. The van der Waals surface area contributed by atoms with E-state index >= 15 is 0 Å². The number of carbonyl (C=O) groups is 1. The lowest BCUT2D eigenvalue weighted by atomic mass is 10.2. The van der Waals surface area contributed by atoms with Crippen LogP contribution in [0.3, 0.4) is 0 Å². The van der Waals surface area contributed by atoms with Crippen LogP contribution in [-0.4, -0.2) is 32.2 Å². The summed E-state index contributed by atoms with van der Waals surface area (Å²) in [6, 6.07) is 7.41. The van der Waals surface area contributed by atoms with Crippen LogP contribution in [-0.2, 0) is 14.8 Å². The van der Waals surface area contributed by atoms with E-state index in [1.165, 1.54) is 13.1 Å². The standard InChI is InChI=1S/C17H17F3N2O3S/c1-22(26(24,25)14-7-4-12(18)5-8-14)10-2-3-17(23)21-13-6-9-15(19)16(20)11-13/h4-9,11H,2-3,10H2,1H3,(H,21,23). The van der Waals surface area contributed by atoms with Gasteiger partial charge in [-0.1, -0.05) is 0 Å². The summed E-state index contributed by atoms with van der Waals surface area (Å²) in [4.78, 5) is 11.8. The van der Waals surface area contributed by atoms with Crippen LogP contribution >= 0.6 is 0 Å². The molecule has 2 aromatic carbocycles. The lowest BCUT2D eigenvalue weighted by Gasteiger charge is -2.17. The Hall–Kier alpha value is -2.39. The molecule has 0 atom stereocenters. The van der Waals surface area contributed by atoms with Gasteiger partial charge in [0.2, 0.25) is 15.9 Å². The van der Waals surface area contributed by atoms with Gasteiger partial charge in [-0.05, 0) is 42.8 Å². The molecule has 140 valence electrons. The van der Waals surface area contributed by atoms with Gasteiger partial charge >= 0.3 is 0 Å². The van der Waals surface area contributed by atoms with Crippen molar-refractivity contribution in [3.05, 3.63) is 59.9 Å². The van der Waals surface area contributed by atoms with E-state index in [-0.39, 0.29) is 30.0 Å². The van der Waals surface area contributed by atoms with Gasteiger partial charge in [-0.2, -0.15) is 0 Å². The summed E-state index contributed by atoms with van der Waals surface area (Å²) in [7, 11) is -2.43. The number of nitrogens with one attached hydrogen (secondary N) is 1. The fourth-order valence-electron chi connectivity index (χ4n) is 2.17. The molecular weight excluding hydrogens is 369 g/mol. The number of halogens is 3. The number of hydrogen-bond acceptors (Lipinski definition) is 3. The zero-order valence-electron chi connectivity index (χ0n) is 13.9. The normalized spacial score (nSPS) is 11.6. The Balaban J connectivity index is 1.87. The number of hydrogen-bond donors (Lipinski definition) is 1. The Bertz CT molecular complexity index is 887. The molecule has 0 saturated carbocycles. The highest BCUT2D eigenvalue weighted by atomic mass is 32.2. The Morgan fingerprint density at radius 3 is 2.31 bits per heavy atom. The number of carbonyl (C=O) groups excluding carboxylic acids is 1. The molecule has 5 nitrogen and oxygen atoms in total. The van der Waals surface area contributed by atoms with Crippen LogP contribution < -0.4 is 5.32 Å². The molecule has 0 aliphatic heterocycles. The Morgan fingerprint density at radius 1 is 1.04 bits per heavy atom. The smallest absolute Gasteiger partial charge is 0.242 e. The highest BCUT2D eigenvalue weighted by molar-refractivity contribution is 7.89. The summed E-state index contributed by atoms with van der Waals surface area (Å²) < 4.78 is 64.5. The van der Waals surface area contributed by atoms with Gasteiger partial charge in [0.1, 0.15) is 5.82 Å². The fraction of sp³-hybridized carbons (Fsp3) is 0.235. The third kappa shape index (κ3) is 5.06. The first-order valence-corrected chi connectivity index (χ1v) is 9.11. The van der Waals surface area contributed by atoms with Crippen molar-refractivity contribution in [1.82, 2.24) is 4.31 Å². The summed E-state index contributed by atoms with van der Waals surface area (Å²) in [6.45, 7) is 0.0604. The first-order valence-electron chi connectivity index (χ1n) is 7.67. The number of nitrogens with zero attached hydrogens (tertiary/aromatic N) is 1. The summed E-state index contributed by atoms with van der Waals surface area (Å²) >= 11 is 0. The van der Waals surface area contributed by atoms with Crippen molar-refractivity contribution < 1.29 is 26.4 Å². The molecule has 0 heterocycles. The van der Waals surface area contributed by atoms with E-state index in [1.807, 2.05) is 0 Å². The summed E-state index contributed by atoms with van der Waals surface area (Å²) in [6.07, 6.45) is 0.203. The minimum absolute atomic E-state index is 0.0116. The van der Waals surface area contributed by atoms with Gasteiger partial charge in [0.25, 0.3) is 0 Å². The molecular formula is C17H17F3N2O3S. The molecule has 0 radical (unpaired) electrons. The maximum Gasteiger partial charge on any atom is 0.242 e. The van der Waals surface area contributed by atoms with Gasteiger partial charge in [0, 0.05) is 31.8 Å². The molecule has 0 aliphatic rings. The van der Waals surface area contributed by atoms with Crippen molar-refractivity contribution in [3.63, 3.8) is 0 Å². The van der Waals surface area contributed by atoms with Crippen LogP contribution in [0.15, 0.2) is 47.4 Å². The minimum atomic E-state index is -3.78. The van der Waals surface area contributed by atoms with Crippen LogP contribution in [0.2, 0.25) is 0 Å². The zero-order chi connectivity index (χ0) is 19.3. The van der Waals surface area contributed by atoms with E-state index in [1.54, 1.807) is 0 Å². The highest BCUT2D eigenvalue weighted by Gasteiger charge is 2.20. The number of amides is 1. The third-order valence-corrected chi connectivity index (χ3v) is 5.47. The summed E-state index contributed by atoms with van der Waals surface area (Å²) in [5.74, 6) is -3.09. The Labute approximate surface area is 149 Å². The first kappa shape index (κ1) is 19.9. The molecule has 0 aliphatic carbocycles. The van der Waals surface area contributed by atoms with E-state index < -0.39 is 33.4 Å². The van der Waals surface area contributed by atoms with Crippen LogP contribution in [0.1, 0.15) is 12.8 Å². The molecule has 0 unspecified atom stereocenters. The SMILES string of the molecule is CN(CCCC(=O)Nc1ccc(F)c(F)c1)S(=O)(=O)c1ccc(F)cc1. The van der Waals surface area contributed by atoms with Gasteiger partial charge < -0.3 is 5.32 Å². The lowest BCUT2D eigenvalue weighted by Crippen LogP contribution is -2.28. The van der Waals surface area contributed by atoms with E-state index in [2.05, 4.69) is 5.32 Å². The van der Waals surface area contributed by atoms with Gasteiger partial charge in [0.05, 0.1) is 4.90 Å². The van der Waals surface area contributed by atoms with Gasteiger partial charge in [-0.25, -0.2) is 25.9 Å². The van der Waals surface area contributed by atoms with Gasteiger partial charge in [-0.15, -0.1) is 0 Å². The predicted molar refractivity (Wildman–Crippen MR) is 90.4 cm³/mol. The molecule has 2 aromatic rings. The lowest BCUT2D eigenvalue weighted by molar-refractivity contribution is -0.116. The average Bonchev–Trinajstić information content (AvgIpc) is 2.58.